The third kappa shape index (κ3) is 4.03. The van der Waals surface area contributed by atoms with E-state index in [4.69, 9.17) is 27.9 Å². The summed E-state index contributed by atoms with van der Waals surface area (Å²) in [6.45, 7) is 0.368. The predicted octanol–water partition coefficient (Wildman–Crippen LogP) is 2.36. The summed E-state index contributed by atoms with van der Waals surface area (Å²) in [6, 6.07) is 1.49. The van der Waals surface area contributed by atoms with E-state index < -0.39 is 0 Å². The number of ether oxygens (including phenoxy) is 1. The molecule has 1 rings (SSSR count). The van der Waals surface area contributed by atoms with Crippen molar-refractivity contribution in [2.45, 2.75) is 6.42 Å². The first kappa shape index (κ1) is 12.2. The smallest absolute Gasteiger partial charge is 0.227 e. The molecule has 0 radical (unpaired) electrons. The molecule has 6 heteroatoms. The second kappa shape index (κ2) is 5.90. The molecule has 0 bridgehead atoms. The Kier molecular flexibility index (Phi) is 4.81. The van der Waals surface area contributed by atoms with E-state index in [0.717, 1.165) is 0 Å². The van der Waals surface area contributed by atoms with E-state index in [0.29, 0.717) is 22.5 Å². The lowest BCUT2D eigenvalue weighted by Gasteiger charge is -2.04. The molecule has 1 aromatic rings. The summed E-state index contributed by atoms with van der Waals surface area (Å²) in [5, 5.41) is 3.28. The highest BCUT2D eigenvalue weighted by atomic mass is 35.5. The number of carbonyl (C=O) groups excluding carboxylic acids is 1. The number of amides is 1. The Morgan fingerprint density at radius 1 is 1.53 bits per heavy atom. The summed E-state index contributed by atoms with van der Waals surface area (Å²) in [6.07, 6.45) is 1.66. The van der Waals surface area contributed by atoms with Crippen molar-refractivity contribution in [3.05, 3.63) is 22.3 Å². The zero-order valence-electron chi connectivity index (χ0n) is 8.09. The van der Waals surface area contributed by atoms with E-state index in [9.17, 15) is 4.79 Å². The Hall–Kier alpha value is -0.840. The van der Waals surface area contributed by atoms with Crippen LogP contribution in [0.4, 0.5) is 5.82 Å². The van der Waals surface area contributed by atoms with Crippen LogP contribution in [-0.4, -0.2) is 24.6 Å². The average molecular weight is 249 g/mol. The summed E-state index contributed by atoms with van der Waals surface area (Å²) in [4.78, 5) is 15.2. The third-order valence-electron chi connectivity index (χ3n) is 1.61. The van der Waals surface area contributed by atoms with Crippen molar-refractivity contribution in [2.75, 3.05) is 19.0 Å². The van der Waals surface area contributed by atoms with E-state index in [1.54, 1.807) is 0 Å². The van der Waals surface area contributed by atoms with Crippen molar-refractivity contribution in [1.29, 1.82) is 0 Å². The minimum atomic E-state index is -0.178. The highest BCUT2D eigenvalue weighted by Crippen LogP contribution is 2.22. The van der Waals surface area contributed by atoms with E-state index in [1.165, 1.54) is 19.4 Å². The fraction of sp³-hybridized carbons (Fsp3) is 0.333. The van der Waals surface area contributed by atoms with Gasteiger partial charge in [0.15, 0.2) is 0 Å². The largest absolute Gasteiger partial charge is 0.384 e. The Morgan fingerprint density at radius 2 is 2.27 bits per heavy atom. The fourth-order valence-corrected chi connectivity index (χ4v) is 1.14. The molecule has 0 saturated carbocycles. The highest BCUT2D eigenvalue weighted by molar-refractivity contribution is 6.42. The molecule has 4 nitrogen and oxygen atoms in total. The fourth-order valence-electron chi connectivity index (χ4n) is 0.883. The monoisotopic (exact) mass is 248 g/mol. The summed E-state index contributed by atoms with van der Waals surface area (Å²) in [5.74, 6) is 0.202. The molecule has 1 heterocycles. The second-order valence-electron chi connectivity index (χ2n) is 2.77. The molecular weight excluding hydrogens is 239 g/mol. The van der Waals surface area contributed by atoms with Gasteiger partial charge in [0.2, 0.25) is 5.91 Å². The van der Waals surface area contributed by atoms with Gasteiger partial charge in [0.25, 0.3) is 0 Å². The minimum Gasteiger partial charge on any atom is -0.384 e. The second-order valence-corrected chi connectivity index (χ2v) is 3.59. The van der Waals surface area contributed by atoms with Gasteiger partial charge < -0.3 is 10.1 Å². The van der Waals surface area contributed by atoms with E-state index in [-0.39, 0.29) is 12.3 Å². The van der Waals surface area contributed by atoms with Gasteiger partial charge in [-0.25, -0.2) is 4.98 Å². The van der Waals surface area contributed by atoms with Crippen LogP contribution in [0.15, 0.2) is 12.3 Å². The molecule has 0 spiro atoms. The lowest BCUT2D eigenvalue weighted by Crippen LogP contribution is -2.14. The standard InChI is InChI=1S/C9H10Cl2N2O2/c1-15-3-2-9(14)13-8-4-6(10)7(11)5-12-8/h4-5H,2-3H2,1H3,(H,12,13,14). The molecule has 15 heavy (non-hydrogen) atoms. The summed E-state index contributed by atoms with van der Waals surface area (Å²) in [7, 11) is 1.53. The molecule has 0 aliphatic heterocycles. The molecule has 1 N–H and O–H groups in total. The first-order valence-electron chi connectivity index (χ1n) is 4.23. The van der Waals surface area contributed by atoms with Gasteiger partial charge in [-0.05, 0) is 0 Å². The normalized spacial score (nSPS) is 10.1. The third-order valence-corrected chi connectivity index (χ3v) is 2.32. The van der Waals surface area contributed by atoms with Crippen LogP contribution in [0.3, 0.4) is 0 Å². The first-order valence-corrected chi connectivity index (χ1v) is 4.99. The molecule has 0 saturated heterocycles. The minimum absolute atomic E-state index is 0.178. The van der Waals surface area contributed by atoms with Crippen LogP contribution in [0.5, 0.6) is 0 Å². The molecular formula is C9H10Cl2N2O2. The Balaban J connectivity index is 2.57. The molecule has 0 aliphatic rings. The van der Waals surface area contributed by atoms with Crippen LogP contribution in [0.1, 0.15) is 6.42 Å². The number of carbonyl (C=O) groups is 1. The van der Waals surface area contributed by atoms with Gasteiger partial charge in [0.1, 0.15) is 5.82 Å². The van der Waals surface area contributed by atoms with E-state index in [1.807, 2.05) is 0 Å². The zero-order valence-corrected chi connectivity index (χ0v) is 9.60. The van der Waals surface area contributed by atoms with Crippen LogP contribution < -0.4 is 5.32 Å². The number of aromatic nitrogens is 1. The number of rotatable bonds is 4. The lowest BCUT2D eigenvalue weighted by molar-refractivity contribution is -0.117. The average Bonchev–Trinajstić information content (AvgIpc) is 2.20. The molecule has 1 aromatic heterocycles. The Labute approximate surface area is 97.5 Å². The maximum absolute atomic E-state index is 11.3. The van der Waals surface area contributed by atoms with Crippen molar-refractivity contribution in [2.24, 2.45) is 0 Å². The topological polar surface area (TPSA) is 51.2 Å². The molecule has 82 valence electrons. The van der Waals surface area contributed by atoms with Crippen LogP contribution in [-0.2, 0) is 9.53 Å². The summed E-state index contributed by atoms with van der Waals surface area (Å²) >= 11 is 11.4. The summed E-state index contributed by atoms with van der Waals surface area (Å²) in [5.41, 5.74) is 0. The van der Waals surface area contributed by atoms with Gasteiger partial charge in [0.05, 0.1) is 23.1 Å². The zero-order chi connectivity index (χ0) is 11.3. The van der Waals surface area contributed by atoms with Crippen LogP contribution in [0.2, 0.25) is 10.0 Å². The molecule has 0 aliphatic carbocycles. The van der Waals surface area contributed by atoms with Gasteiger partial charge in [-0.2, -0.15) is 0 Å². The van der Waals surface area contributed by atoms with Crippen molar-refractivity contribution in [3.63, 3.8) is 0 Å². The van der Waals surface area contributed by atoms with Gasteiger partial charge in [-0.15, -0.1) is 0 Å². The van der Waals surface area contributed by atoms with Gasteiger partial charge in [0, 0.05) is 19.4 Å². The van der Waals surface area contributed by atoms with Crippen molar-refractivity contribution >= 4 is 34.9 Å². The van der Waals surface area contributed by atoms with Crippen LogP contribution >= 0.6 is 23.2 Å². The predicted molar refractivity (Wildman–Crippen MR) is 59.4 cm³/mol. The lowest BCUT2D eigenvalue weighted by atomic mass is 10.4. The number of hydrogen-bond acceptors (Lipinski definition) is 3. The number of methoxy groups -OCH3 is 1. The Bertz CT molecular complexity index is 358. The number of nitrogens with zero attached hydrogens (tertiary/aromatic N) is 1. The van der Waals surface area contributed by atoms with E-state index in [2.05, 4.69) is 10.3 Å². The van der Waals surface area contributed by atoms with Crippen molar-refractivity contribution < 1.29 is 9.53 Å². The van der Waals surface area contributed by atoms with Crippen LogP contribution in [0.25, 0.3) is 0 Å². The summed E-state index contributed by atoms with van der Waals surface area (Å²) < 4.78 is 4.76. The number of anilines is 1. The maximum atomic E-state index is 11.3. The van der Waals surface area contributed by atoms with Gasteiger partial charge in [-0.1, -0.05) is 23.2 Å². The number of pyridine rings is 1. The number of nitrogens with one attached hydrogen (secondary N) is 1. The van der Waals surface area contributed by atoms with Crippen LogP contribution in [0, 0.1) is 0 Å². The first-order chi connectivity index (χ1) is 7.13. The Morgan fingerprint density at radius 3 is 2.87 bits per heavy atom. The molecule has 0 atom stereocenters. The highest BCUT2D eigenvalue weighted by Gasteiger charge is 2.05. The number of halogens is 2. The number of hydrogen-bond donors (Lipinski definition) is 1. The van der Waals surface area contributed by atoms with Gasteiger partial charge >= 0.3 is 0 Å². The van der Waals surface area contributed by atoms with E-state index >= 15 is 0 Å². The van der Waals surface area contributed by atoms with Crippen molar-refractivity contribution in [3.8, 4) is 0 Å². The molecule has 0 aromatic carbocycles. The molecule has 0 unspecified atom stereocenters. The molecule has 0 fully saturated rings. The molecule has 1 amide bonds. The van der Waals surface area contributed by atoms with Crippen molar-refractivity contribution in [1.82, 2.24) is 4.98 Å². The maximum Gasteiger partial charge on any atom is 0.227 e. The SMILES string of the molecule is COCCC(=O)Nc1cc(Cl)c(Cl)cn1. The van der Waals surface area contributed by atoms with Gasteiger partial charge in [-0.3, -0.25) is 4.79 Å². The quantitative estimate of drug-likeness (QED) is 0.891.